The molecule has 3 rings (SSSR count). The van der Waals surface area contributed by atoms with E-state index < -0.39 is 11.8 Å². The van der Waals surface area contributed by atoms with Crippen LogP contribution in [0, 0.1) is 5.82 Å². The lowest BCUT2D eigenvalue weighted by Crippen LogP contribution is -2.48. The Morgan fingerprint density at radius 3 is 2.22 bits per heavy atom. The predicted molar refractivity (Wildman–Crippen MR) is 99.4 cm³/mol. The molecule has 0 aliphatic carbocycles. The fraction of sp³-hybridized carbons (Fsp3) is 0.333. The average Bonchev–Trinajstić information content (AvgIpc) is 2.72. The first kappa shape index (κ1) is 19.0. The molecular weight excluding hydrogens is 347 g/mol. The van der Waals surface area contributed by atoms with Gasteiger partial charge in [-0.25, -0.2) is 4.39 Å². The molecule has 0 atom stereocenters. The molecule has 1 heterocycles. The molecule has 2 aromatic carbocycles. The summed E-state index contributed by atoms with van der Waals surface area (Å²) in [6.07, 6.45) is 1.40. The summed E-state index contributed by atoms with van der Waals surface area (Å²) < 4.78 is 18.7. The topological polar surface area (TPSA) is 67.4 Å². The molecule has 1 aliphatic rings. The molecule has 0 bridgehead atoms. The van der Waals surface area contributed by atoms with Gasteiger partial charge in [0.15, 0.2) is 0 Å². The minimum Gasteiger partial charge on any atom is -0.381 e. The van der Waals surface area contributed by atoms with Gasteiger partial charge in [-0.05, 0) is 36.1 Å². The molecule has 0 unspecified atom stereocenters. The predicted octanol–water partition coefficient (Wildman–Crippen LogP) is 2.31. The second kappa shape index (κ2) is 8.77. The first-order valence-electron chi connectivity index (χ1n) is 9.03. The lowest BCUT2D eigenvalue weighted by molar-refractivity contribution is -0.139. The Bertz CT molecular complexity index is 772. The van der Waals surface area contributed by atoms with Crippen molar-refractivity contribution in [2.45, 2.75) is 24.8 Å². The quantitative estimate of drug-likeness (QED) is 0.794. The van der Waals surface area contributed by atoms with Crippen molar-refractivity contribution >= 4 is 11.8 Å². The van der Waals surface area contributed by atoms with Crippen molar-refractivity contribution in [3.05, 3.63) is 71.5 Å². The van der Waals surface area contributed by atoms with Crippen molar-refractivity contribution in [2.24, 2.45) is 0 Å². The molecule has 0 aromatic heterocycles. The van der Waals surface area contributed by atoms with Crippen molar-refractivity contribution in [2.75, 3.05) is 19.8 Å². The molecule has 2 N–H and O–H groups in total. The standard InChI is InChI=1S/C21H23FN2O3/c22-18-8-6-17(7-9-18)21(10-12-27-13-11-21)15-24-20(26)19(25)23-14-16-4-2-1-3-5-16/h1-9H,10-15H2,(H,23,25)(H,24,26). The van der Waals surface area contributed by atoms with Crippen LogP contribution in [0.5, 0.6) is 0 Å². The fourth-order valence-electron chi connectivity index (χ4n) is 3.32. The van der Waals surface area contributed by atoms with E-state index in [2.05, 4.69) is 10.6 Å². The van der Waals surface area contributed by atoms with Gasteiger partial charge in [0, 0.05) is 31.7 Å². The van der Waals surface area contributed by atoms with Gasteiger partial charge in [0.2, 0.25) is 0 Å². The fourth-order valence-corrected chi connectivity index (χ4v) is 3.32. The van der Waals surface area contributed by atoms with Crippen LogP contribution < -0.4 is 10.6 Å². The second-order valence-electron chi connectivity index (χ2n) is 6.75. The Morgan fingerprint density at radius 1 is 0.926 bits per heavy atom. The normalized spacial score (nSPS) is 15.7. The third-order valence-corrected chi connectivity index (χ3v) is 5.00. The van der Waals surface area contributed by atoms with E-state index in [1.54, 1.807) is 12.1 Å². The summed E-state index contributed by atoms with van der Waals surface area (Å²) in [7, 11) is 0. The Balaban J connectivity index is 1.60. The van der Waals surface area contributed by atoms with Crippen molar-refractivity contribution in [1.82, 2.24) is 10.6 Å². The van der Waals surface area contributed by atoms with Crippen LogP contribution in [0.3, 0.4) is 0 Å². The van der Waals surface area contributed by atoms with Gasteiger partial charge >= 0.3 is 11.8 Å². The maximum absolute atomic E-state index is 13.3. The Kier molecular flexibility index (Phi) is 6.19. The summed E-state index contributed by atoms with van der Waals surface area (Å²) in [4.78, 5) is 24.3. The summed E-state index contributed by atoms with van der Waals surface area (Å²) in [5, 5.41) is 5.36. The number of benzene rings is 2. The molecule has 5 nitrogen and oxygen atoms in total. The highest BCUT2D eigenvalue weighted by Crippen LogP contribution is 2.34. The van der Waals surface area contributed by atoms with Crippen LogP contribution >= 0.6 is 0 Å². The summed E-state index contributed by atoms with van der Waals surface area (Å²) in [6.45, 7) is 1.73. The van der Waals surface area contributed by atoms with Crippen LogP contribution in [-0.2, 0) is 26.3 Å². The highest BCUT2D eigenvalue weighted by atomic mass is 19.1. The van der Waals surface area contributed by atoms with E-state index in [-0.39, 0.29) is 11.2 Å². The molecule has 1 saturated heterocycles. The molecule has 6 heteroatoms. The number of halogens is 1. The van der Waals surface area contributed by atoms with Crippen molar-refractivity contribution < 1.29 is 18.7 Å². The van der Waals surface area contributed by atoms with Crippen LogP contribution in [0.25, 0.3) is 0 Å². The zero-order valence-corrected chi connectivity index (χ0v) is 15.0. The molecular formula is C21H23FN2O3. The minimum absolute atomic E-state index is 0.296. The molecule has 2 amide bonds. The largest absolute Gasteiger partial charge is 0.381 e. The van der Waals surface area contributed by atoms with E-state index in [4.69, 9.17) is 4.74 Å². The molecule has 0 saturated carbocycles. The van der Waals surface area contributed by atoms with Gasteiger partial charge in [0.1, 0.15) is 5.82 Å². The zero-order chi connectivity index (χ0) is 19.1. The van der Waals surface area contributed by atoms with Gasteiger partial charge in [-0.3, -0.25) is 9.59 Å². The van der Waals surface area contributed by atoms with Gasteiger partial charge in [-0.2, -0.15) is 0 Å². The highest BCUT2D eigenvalue weighted by molar-refractivity contribution is 6.35. The van der Waals surface area contributed by atoms with E-state index in [0.717, 1.165) is 11.1 Å². The number of nitrogens with one attached hydrogen (secondary N) is 2. The summed E-state index contributed by atoms with van der Waals surface area (Å²) in [6, 6.07) is 15.7. The zero-order valence-electron chi connectivity index (χ0n) is 15.0. The third-order valence-electron chi connectivity index (χ3n) is 5.00. The molecule has 0 spiro atoms. The van der Waals surface area contributed by atoms with E-state index in [0.29, 0.717) is 39.1 Å². The Morgan fingerprint density at radius 2 is 1.56 bits per heavy atom. The van der Waals surface area contributed by atoms with E-state index in [1.807, 2.05) is 30.3 Å². The van der Waals surface area contributed by atoms with Crippen molar-refractivity contribution in [1.29, 1.82) is 0 Å². The number of carbonyl (C=O) groups excluding carboxylic acids is 2. The number of carbonyl (C=O) groups is 2. The maximum Gasteiger partial charge on any atom is 0.309 e. The van der Waals surface area contributed by atoms with Crippen LogP contribution in [0.1, 0.15) is 24.0 Å². The first-order chi connectivity index (χ1) is 13.1. The SMILES string of the molecule is O=C(NCc1ccccc1)C(=O)NCC1(c2ccc(F)cc2)CCOCC1. The Hall–Kier alpha value is -2.73. The molecule has 27 heavy (non-hydrogen) atoms. The lowest BCUT2D eigenvalue weighted by Gasteiger charge is -2.37. The number of amides is 2. The Labute approximate surface area is 157 Å². The smallest absolute Gasteiger partial charge is 0.309 e. The second-order valence-corrected chi connectivity index (χ2v) is 6.75. The monoisotopic (exact) mass is 370 g/mol. The summed E-state index contributed by atoms with van der Waals surface area (Å²) in [5.41, 5.74) is 1.50. The van der Waals surface area contributed by atoms with E-state index in [9.17, 15) is 14.0 Å². The molecule has 1 fully saturated rings. The first-order valence-corrected chi connectivity index (χ1v) is 9.03. The van der Waals surface area contributed by atoms with Crippen LogP contribution in [0.2, 0.25) is 0 Å². The molecule has 0 radical (unpaired) electrons. The summed E-state index contributed by atoms with van der Waals surface area (Å²) >= 11 is 0. The summed E-state index contributed by atoms with van der Waals surface area (Å²) in [5.74, 6) is -1.63. The number of hydrogen-bond acceptors (Lipinski definition) is 3. The third kappa shape index (κ3) is 4.92. The number of ether oxygens (including phenoxy) is 1. The van der Waals surface area contributed by atoms with Gasteiger partial charge < -0.3 is 15.4 Å². The number of rotatable bonds is 5. The number of hydrogen-bond donors (Lipinski definition) is 2. The highest BCUT2D eigenvalue weighted by Gasteiger charge is 2.35. The van der Waals surface area contributed by atoms with Gasteiger partial charge in [-0.15, -0.1) is 0 Å². The van der Waals surface area contributed by atoms with Crippen molar-refractivity contribution in [3.8, 4) is 0 Å². The average molecular weight is 370 g/mol. The molecule has 142 valence electrons. The molecule has 2 aromatic rings. The van der Waals surface area contributed by atoms with Crippen LogP contribution in [0.4, 0.5) is 4.39 Å². The molecule has 1 aliphatic heterocycles. The maximum atomic E-state index is 13.3. The van der Waals surface area contributed by atoms with Gasteiger partial charge in [0.25, 0.3) is 0 Å². The van der Waals surface area contributed by atoms with Gasteiger partial charge in [-0.1, -0.05) is 42.5 Å². The van der Waals surface area contributed by atoms with Crippen LogP contribution in [0.15, 0.2) is 54.6 Å². The van der Waals surface area contributed by atoms with E-state index >= 15 is 0 Å². The van der Waals surface area contributed by atoms with Crippen LogP contribution in [-0.4, -0.2) is 31.6 Å². The van der Waals surface area contributed by atoms with Crippen molar-refractivity contribution in [3.63, 3.8) is 0 Å². The van der Waals surface area contributed by atoms with E-state index in [1.165, 1.54) is 12.1 Å². The lowest BCUT2D eigenvalue weighted by atomic mass is 9.74. The van der Waals surface area contributed by atoms with Gasteiger partial charge in [0.05, 0.1) is 0 Å². The minimum atomic E-state index is -0.668.